The van der Waals surface area contributed by atoms with E-state index >= 15 is 0 Å². The van der Waals surface area contributed by atoms with Gasteiger partial charge in [0.1, 0.15) is 0 Å². The van der Waals surface area contributed by atoms with Gasteiger partial charge >= 0.3 is 0 Å². The normalized spacial score (nSPS) is 18.0. The molecule has 0 aromatic heterocycles. The Bertz CT molecular complexity index is 381. The average molecular weight is 231 g/mol. The van der Waals surface area contributed by atoms with Gasteiger partial charge in [-0.15, -0.1) is 0 Å². The molecule has 0 spiro atoms. The molecule has 0 atom stereocenters. The fourth-order valence-corrected chi connectivity index (χ4v) is 1.53. The lowest BCUT2D eigenvalue weighted by Gasteiger charge is -2.38. The summed E-state index contributed by atoms with van der Waals surface area (Å²) in [5.74, 6) is -3.81. The van der Waals surface area contributed by atoms with Crippen LogP contribution in [0.25, 0.3) is 0 Å². The smallest absolute Gasteiger partial charge is 0.194 e. The van der Waals surface area contributed by atoms with Crippen molar-refractivity contribution in [1.29, 1.82) is 0 Å². The molecule has 2 nitrogen and oxygen atoms in total. The second kappa shape index (κ2) is 3.97. The molecule has 0 unspecified atom stereocenters. The molecule has 0 radical (unpaired) electrons. The molecule has 1 aliphatic heterocycles. The van der Waals surface area contributed by atoms with Crippen molar-refractivity contribution in [2.75, 3.05) is 25.1 Å². The Morgan fingerprint density at radius 3 is 2.25 bits per heavy atom. The summed E-state index contributed by atoms with van der Waals surface area (Å²) in [6.07, 6.45) is 0. The van der Waals surface area contributed by atoms with Crippen molar-refractivity contribution in [3.63, 3.8) is 0 Å². The summed E-state index contributed by atoms with van der Waals surface area (Å²) in [4.78, 5) is 0. The zero-order valence-corrected chi connectivity index (χ0v) is 8.82. The first-order valence-corrected chi connectivity index (χ1v) is 4.96. The quantitative estimate of drug-likeness (QED) is 0.807. The minimum absolute atomic E-state index is 0.0126. The molecule has 1 aromatic rings. The van der Waals surface area contributed by atoms with Crippen molar-refractivity contribution in [2.45, 2.75) is 6.92 Å². The van der Waals surface area contributed by atoms with Crippen molar-refractivity contribution in [3.8, 4) is 0 Å². The van der Waals surface area contributed by atoms with Crippen LogP contribution < -0.4 is 5.32 Å². The van der Waals surface area contributed by atoms with Gasteiger partial charge in [0.15, 0.2) is 17.5 Å². The zero-order chi connectivity index (χ0) is 11.8. The molecule has 88 valence electrons. The summed E-state index contributed by atoms with van der Waals surface area (Å²) in [5, 5.41) is 2.87. The number of hydrogen-bond acceptors (Lipinski definition) is 2. The number of ether oxygens (including phenoxy) is 1. The van der Waals surface area contributed by atoms with Crippen LogP contribution in [-0.4, -0.2) is 19.8 Å². The van der Waals surface area contributed by atoms with E-state index < -0.39 is 17.5 Å². The molecule has 2 rings (SSSR count). The first-order chi connectivity index (χ1) is 7.50. The molecule has 1 aromatic carbocycles. The van der Waals surface area contributed by atoms with E-state index in [1.165, 1.54) is 0 Å². The number of benzene rings is 1. The van der Waals surface area contributed by atoms with Gasteiger partial charge in [0, 0.05) is 29.8 Å². The fourth-order valence-electron chi connectivity index (χ4n) is 1.53. The average Bonchev–Trinajstić information content (AvgIpc) is 2.20. The highest BCUT2D eigenvalue weighted by atomic mass is 19.2. The molecular weight excluding hydrogens is 219 g/mol. The summed E-state index contributed by atoms with van der Waals surface area (Å²) in [5.41, 5.74) is 0.228. The fraction of sp³-hybridized carbons (Fsp3) is 0.455. The largest absolute Gasteiger partial charge is 0.384 e. The van der Waals surface area contributed by atoms with Crippen LogP contribution in [-0.2, 0) is 4.74 Å². The van der Waals surface area contributed by atoms with Crippen molar-refractivity contribution >= 4 is 5.69 Å². The minimum atomic E-state index is -1.44. The third-order valence-corrected chi connectivity index (χ3v) is 2.60. The third kappa shape index (κ3) is 2.14. The zero-order valence-electron chi connectivity index (χ0n) is 8.82. The minimum Gasteiger partial charge on any atom is -0.384 e. The summed E-state index contributed by atoms with van der Waals surface area (Å²) >= 11 is 0. The lowest BCUT2D eigenvalue weighted by Crippen LogP contribution is -2.45. The van der Waals surface area contributed by atoms with E-state index in [-0.39, 0.29) is 11.1 Å². The molecular formula is C11H12F3NO. The van der Waals surface area contributed by atoms with E-state index in [1.54, 1.807) is 0 Å². The number of rotatable bonds is 3. The topological polar surface area (TPSA) is 21.3 Å². The maximum absolute atomic E-state index is 12.9. The van der Waals surface area contributed by atoms with E-state index in [4.69, 9.17) is 4.74 Å². The van der Waals surface area contributed by atoms with Gasteiger partial charge in [-0.25, -0.2) is 13.2 Å². The van der Waals surface area contributed by atoms with E-state index in [2.05, 4.69) is 5.32 Å². The lowest BCUT2D eigenvalue weighted by molar-refractivity contribution is -0.0924. The molecule has 1 fully saturated rings. The summed E-state index contributed by atoms with van der Waals surface area (Å²) in [7, 11) is 0. The Kier molecular flexibility index (Phi) is 2.80. The van der Waals surface area contributed by atoms with E-state index in [1.807, 2.05) is 6.92 Å². The summed E-state index contributed by atoms with van der Waals surface area (Å²) < 4.78 is 43.5. The molecule has 1 N–H and O–H groups in total. The van der Waals surface area contributed by atoms with Gasteiger partial charge < -0.3 is 10.1 Å². The second-order valence-corrected chi connectivity index (χ2v) is 4.41. The third-order valence-electron chi connectivity index (χ3n) is 2.60. The predicted molar refractivity (Wildman–Crippen MR) is 53.7 cm³/mol. The molecule has 5 heteroatoms. The number of halogens is 3. The molecule has 1 aliphatic rings. The lowest BCUT2D eigenvalue weighted by atomic mass is 9.89. The number of nitrogens with one attached hydrogen (secondary N) is 1. The van der Waals surface area contributed by atoms with Gasteiger partial charge in [0.05, 0.1) is 13.2 Å². The van der Waals surface area contributed by atoms with Gasteiger partial charge in [-0.3, -0.25) is 0 Å². The Morgan fingerprint density at radius 1 is 1.25 bits per heavy atom. The Balaban J connectivity index is 2.04. The Hall–Kier alpha value is -1.23. The van der Waals surface area contributed by atoms with E-state index in [0.29, 0.717) is 19.8 Å². The van der Waals surface area contributed by atoms with Crippen LogP contribution in [0.2, 0.25) is 0 Å². The molecule has 16 heavy (non-hydrogen) atoms. The highest BCUT2D eigenvalue weighted by Gasteiger charge is 2.33. The maximum Gasteiger partial charge on any atom is 0.194 e. The first-order valence-electron chi connectivity index (χ1n) is 4.96. The molecule has 0 aliphatic carbocycles. The van der Waals surface area contributed by atoms with Crippen LogP contribution >= 0.6 is 0 Å². The van der Waals surface area contributed by atoms with Crippen LogP contribution in [0, 0.1) is 22.9 Å². The molecule has 0 amide bonds. The van der Waals surface area contributed by atoms with Gasteiger partial charge in [0.2, 0.25) is 0 Å². The summed E-state index contributed by atoms with van der Waals surface area (Å²) in [6.45, 7) is 3.77. The first kappa shape index (κ1) is 11.3. The molecule has 0 saturated carbocycles. The van der Waals surface area contributed by atoms with Crippen LogP contribution in [0.15, 0.2) is 12.1 Å². The predicted octanol–water partition coefficient (Wildman–Crippen LogP) is 2.55. The van der Waals surface area contributed by atoms with Crippen LogP contribution in [0.3, 0.4) is 0 Å². The monoisotopic (exact) mass is 231 g/mol. The highest BCUT2D eigenvalue weighted by Crippen LogP contribution is 2.27. The molecule has 0 bridgehead atoms. The molecule has 1 heterocycles. The van der Waals surface area contributed by atoms with Gasteiger partial charge in [-0.1, -0.05) is 6.92 Å². The highest BCUT2D eigenvalue weighted by molar-refractivity contribution is 5.44. The van der Waals surface area contributed by atoms with Gasteiger partial charge in [-0.05, 0) is 0 Å². The summed E-state index contributed by atoms with van der Waals surface area (Å²) in [6, 6.07) is 1.89. The van der Waals surface area contributed by atoms with Crippen molar-refractivity contribution in [1.82, 2.24) is 0 Å². The second-order valence-electron chi connectivity index (χ2n) is 4.41. The van der Waals surface area contributed by atoms with Crippen molar-refractivity contribution in [2.24, 2.45) is 5.41 Å². The Morgan fingerprint density at radius 2 is 1.81 bits per heavy atom. The van der Waals surface area contributed by atoms with Crippen molar-refractivity contribution in [3.05, 3.63) is 29.6 Å². The SMILES string of the molecule is CC1(CNc2cc(F)c(F)c(F)c2)COC1. The van der Waals surface area contributed by atoms with E-state index in [9.17, 15) is 13.2 Å². The van der Waals surface area contributed by atoms with Gasteiger partial charge in [0.25, 0.3) is 0 Å². The number of hydrogen-bond donors (Lipinski definition) is 1. The molecule has 1 saturated heterocycles. The standard InChI is InChI=1S/C11H12F3NO/c1-11(5-16-6-11)4-15-7-2-8(12)10(14)9(13)3-7/h2-3,15H,4-6H2,1H3. The van der Waals surface area contributed by atoms with Crippen LogP contribution in [0.1, 0.15) is 6.92 Å². The van der Waals surface area contributed by atoms with Crippen LogP contribution in [0.5, 0.6) is 0 Å². The van der Waals surface area contributed by atoms with E-state index in [0.717, 1.165) is 12.1 Å². The van der Waals surface area contributed by atoms with Crippen molar-refractivity contribution < 1.29 is 17.9 Å². The van der Waals surface area contributed by atoms with Gasteiger partial charge in [-0.2, -0.15) is 0 Å². The Labute approximate surface area is 91.4 Å². The number of anilines is 1. The maximum atomic E-state index is 12.9. The van der Waals surface area contributed by atoms with Crippen LogP contribution in [0.4, 0.5) is 18.9 Å².